The van der Waals surface area contributed by atoms with Gasteiger partial charge in [0.25, 0.3) is 0 Å². The maximum absolute atomic E-state index is 12.8. The first-order chi connectivity index (χ1) is 11.8. The van der Waals surface area contributed by atoms with Gasteiger partial charge in [0.1, 0.15) is 6.54 Å². The molecule has 0 spiro atoms. The summed E-state index contributed by atoms with van der Waals surface area (Å²) >= 11 is 2.55. The van der Waals surface area contributed by atoms with Gasteiger partial charge in [0.15, 0.2) is 5.13 Å². The number of halogens is 3. The van der Waals surface area contributed by atoms with Crippen molar-refractivity contribution in [3.05, 3.63) is 35.2 Å². The van der Waals surface area contributed by atoms with Crippen molar-refractivity contribution in [2.24, 2.45) is 0 Å². The van der Waals surface area contributed by atoms with Gasteiger partial charge in [-0.05, 0) is 12.1 Å². The number of carbonyl (C=O) groups excluding carboxylic acids is 2. The lowest BCUT2D eigenvalue weighted by atomic mass is 10.1. The van der Waals surface area contributed by atoms with Crippen molar-refractivity contribution < 1.29 is 22.8 Å². The van der Waals surface area contributed by atoms with E-state index >= 15 is 0 Å². The van der Waals surface area contributed by atoms with Crippen molar-refractivity contribution in [2.75, 3.05) is 23.5 Å². The number of rotatable bonds is 4. The molecule has 1 aromatic carbocycles. The van der Waals surface area contributed by atoms with E-state index in [2.05, 4.69) is 10.3 Å². The highest BCUT2D eigenvalue weighted by atomic mass is 32.2. The minimum atomic E-state index is -4.43. The first-order valence-corrected chi connectivity index (χ1v) is 9.15. The van der Waals surface area contributed by atoms with Crippen LogP contribution < -0.4 is 5.32 Å². The van der Waals surface area contributed by atoms with Crippen molar-refractivity contribution in [1.82, 2.24) is 9.88 Å². The minimum absolute atomic E-state index is 0.0652. The highest BCUT2D eigenvalue weighted by Gasteiger charge is 2.30. The van der Waals surface area contributed by atoms with Gasteiger partial charge in [-0.15, -0.1) is 23.1 Å². The van der Waals surface area contributed by atoms with Gasteiger partial charge in [0.2, 0.25) is 11.8 Å². The predicted octanol–water partition coefficient (Wildman–Crippen LogP) is 3.30. The number of thiazole rings is 1. The minimum Gasteiger partial charge on any atom is -0.323 e. The standard InChI is InChI=1S/C15H12F3N3O2S2/c16-15(17,18)10-3-1-2-9(4-10)11-6-25-14(19-11)20-12(22)5-21-8-24-7-13(21)23/h1-4,6H,5,7-8H2,(H,19,20,22). The normalized spacial score (nSPS) is 14.8. The Morgan fingerprint density at radius 2 is 2.16 bits per heavy atom. The quantitative estimate of drug-likeness (QED) is 0.875. The Morgan fingerprint density at radius 1 is 1.36 bits per heavy atom. The summed E-state index contributed by atoms with van der Waals surface area (Å²) in [7, 11) is 0. The lowest BCUT2D eigenvalue weighted by Gasteiger charge is -2.13. The number of nitrogens with zero attached hydrogens (tertiary/aromatic N) is 2. The molecular weight excluding hydrogens is 375 g/mol. The predicted molar refractivity (Wildman–Crippen MR) is 90.2 cm³/mol. The largest absolute Gasteiger partial charge is 0.416 e. The Bertz CT molecular complexity index is 807. The molecule has 5 nitrogen and oxygen atoms in total. The summed E-state index contributed by atoms with van der Waals surface area (Å²) < 4.78 is 38.3. The molecule has 1 aromatic heterocycles. The number of thioether (sulfide) groups is 1. The number of amides is 2. The second-order valence-corrected chi connectivity index (χ2v) is 7.05. The molecule has 25 heavy (non-hydrogen) atoms. The molecule has 132 valence electrons. The average molecular weight is 387 g/mol. The fourth-order valence-electron chi connectivity index (χ4n) is 2.19. The summed E-state index contributed by atoms with van der Waals surface area (Å²) in [6, 6.07) is 4.84. The molecular formula is C15H12F3N3O2S2. The van der Waals surface area contributed by atoms with Crippen LogP contribution in [0.4, 0.5) is 18.3 Å². The first-order valence-electron chi connectivity index (χ1n) is 7.11. The van der Waals surface area contributed by atoms with Crippen LogP contribution in [0.1, 0.15) is 5.56 Å². The number of anilines is 1. The van der Waals surface area contributed by atoms with Gasteiger partial charge < -0.3 is 10.2 Å². The third kappa shape index (κ3) is 4.31. The van der Waals surface area contributed by atoms with Crippen LogP contribution in [0.3, 0.4) is 0 Å². The molecule has 0 radical (unpaired) electrons. The molecule has 2 heterocycles. The molecule has 1 aliphatic heterocycles. The van der Waals surface area contributed by atoms with Crippen LogP contribution in [0.5, 0.6) is 0 Å². The van der Waals surface area contributed by atoms with Crippen LogP contribution >= 0.6 is 23.1 Å². The van der Waals surface area contributed by atoms with Crippen LogP contribution in [-0.2, 0) is 15.8 Å². The molecule has 0 unspecified atom stereocenters. The summed E-state index contributed by atoms with van der Waals surface area (Å²) in [5.41, 5.74) is -0.0921. The Labute approximate surface area is 149 Å². The van der Waals surface area contributed by atoms with E-state index in [-0.39, 0.29) is 23.5 Å². The van der Waals surface area contributed by atoms with E-state index < -0.39 is 11.7 Å². The van der Waals surface area contributed by atoms with Crippen molar-refractivity contribution in [3.63, 3.8) is 0 Å². The molecule has 2 amide bonds. The van der Waals surface area contributed by atoms with Crippen molar-refractivity contribution >= 4 is 40.0 Å². The van der Waals surface area contributed by atoms with Crippen LogP contribution in [-0.4, -0.2) is 39.9 Å². The van der Waals surface area contributed by atoms with Crippen LogP contribution in [0.2, 0.25) is 0 Å². The summed E-state index contributed by atoms with van der Waals surface area (Å²) in [5, 5.41) is 4.41. The molecule has 1 aliphatic rings. The number of hydrogen-bond donors (Lipinski definition) is 1. The second-order valence-electron chi connectivity index (χ2n) is 5.23. The Balaban J connectivity index is 1.68. The molecule has 2 aromatic rings. The van der Waals surface area contributed by atoms with Crippen molar-refractivity contribution in [2.45, 2.75) is 6.18 Å². The molecule has 1 saturated heterocycles. The molecule has 0 aliphatic carbocycles. The summed E-state index contributed by atoms with van der Waals surface area (Å²) in [4.78, 5) is 29.0. The zero-order chi connectivity index (χ0) is 18.0. The number of hydrogen-bond acceptors (Lipinski definition) is 5. The van der Waals surface area contributed by atoms with Crippen molar-refractivity contribution in [3.8, 4) is 11.3 Å². The molecule has 0 atom stereocenters. The highest BCUT2D eigenvalue weighted by molar-refractivity contribution is 8.00. The zero-order valence-corrected chi connectivity index (χ0v) is 14.3. The maximum atomic E-state index is 12.8. The summed E-state index contributed by atoms with van der Waals surface area (Å²) in [5.74, 6) is 0.355. The number of carbonyl (C=O) groups is 2. The Hall–Kier alpha value is -2.07. The van der Waals surface area contributed by atoms with Gasteiger partial charge >= 0.3 is 6.18 Å². The summed E-state index contributed by atoms with van der Waals surface area (Å²) in [6.07, 6.45) is -4.43. The average Bonchev–Trinajstić information content (AvgIpc) is 3.16. The molecule has 1 fully saturated rings. The molecule has 1 N–H and O–H groups in total. The molecule has 0 saturated carbocycles. The van der Waals surface area contributed by atoms with E-state index in [4.69, 9.17) is 0 Å². The van der Waals surface area contributed by atoms with Gasteiger partial charge in [0.05, 0.1) is 22.9 Å². The van der Waals surface area contributed by atoms with E-state index in [0.717, 1.165) is 23.5 Å². The van der Waals surface area contributed by atoms with E-state index in [9.17, 15) is 22.8 Å². The first kappa shape index (κ1) is 17.7. The lowest BCUT2D eigenvalue weighted by molar-refractivity contribution is -0.137. The lowest BCUT2D eigenvalue weighted by Crippen LogP contribution is -2.34. The fourth-order valence-corrected chi connectivity index (χ4v) is 3.83. The Kier molecular flexibility index (Phi) is 5.00. The topological polar surface area (TPSA) is 62.3 Å². The van der Waals surface area contributed by atoms with Crippen molar-refractivity contribution in [1.29, 1.82) is 0 Å². The van der Waals surface area contributed by atoms with Crippen LogP contribution in [0, 0.1) is 0 Å². The monoisotopic (exact) mass is 387 g/mol. The molecule has 3 rings (SSSR count). The maximum Gasteiger partial charge on any atom is 0.416 e. The van der Waals surface area contributed by atoms with Crippen LogP contribution in [0.25, 0.3) is 11.3 Å². The van der Waals surface area contributed by atoms with E-state index in [1.165, 1.54) is 28.8 Å². The van der Waals surface area contributed by atoms with E-state index in [1.54, 1.807) is 5.38 Å². The smallest absolute Gasteiger partial charge is 0.323 e. The second kappa shape index (κ2) is 7.04. The highest BCUT2D eigenvalue weighted by Crippen LogP contribution is 2.33. The molecule has 0 bridgehead atoms. The number of benzene rings is 1. The third-order valence-electron chi connectivity index (χ3n) is 3.40. The Morgan fingerprint density at radius 3 is 2.84 bits per heavy atom. The number of nitrogens with one attached hydrogen (secondary N) is 1. The van der Waals surface area contributed by atoms with Gasteiger partial charge in [-0.1, -0.05) is 12.1 Å². The van der Waals surface area contributed by atoms with Gasteiger partial charge in [0, 0.05) is 10.9 Å². The van der Waals surface area contributed by atoms with E-state index in [0.29, 0.717) is 22.9 Å². The van der Waals surface area contributed by atoms with Gasteiger partial charge in [-0.3, -0.25) is 9.59 Å². The van der Waals surface area contributed by atoms with Crippen LogP contribution in [0.15, 0.2) is 29.6 Å². The SMILES string of the molecule is O=C(CN1CSCC1=O)Nc1nc(-c2cccc(C(F)(F)F)c2)cs1. The van der Waals surface area contributed by atoms with Gasteiger partial charge in [-0.2, -0.15) is 13.2 Å². The van der Waals surface area contributed by atoms with E-state index in [1.807, 2.05) is 0 Å². The van der Waals surface area contributed by atoms with Gasteiger partial charge in [-0.25, -0.2) is 4.98 Å². The zero-order valence-electron chi connectivity index (χ0n) is 12.7. The summed E-state index contributed by atoms with van der Waals surface area (Å²) in [6.45, 7) is -0.0652. The fraction of sp³-hybridized carbons (Fsp3) is 0.267. The third-order valence-corrected chi connectivity index (χ3v) is 5.10. The number of aromatic nitrogens is 1. The number of alkyl halides is 3. The molecule has 10 heteroatoms.